The van der Waals surface area contributed by atoms with Gasteiger partial charge in [0.25, 0.3) is 11.8 Å². The van der Waals surface area contributed by atoms with Crippen molar-refractivity contribution in [3.8, 4) is 0 Å². The highest BCUT2D eigenvalue weighted by Gasteiger charge is 2.43. The molecule has 3 rings (SSSR count). The number of urea groups is 1. The van der Waals surface area contributed by atoms with Crippen LogP contribution in [0.15, 0.2) is 40.9 Å². The minimum absolute atomic E-state index is 0.154. The Hall–Kier alpha value is -3.72. The molecule has 1 saturated heterocycles. The topological polar surface area (TPSA) is 185 Å². The number of likely N-dealkylation sites (tertiary alicyclic amines) is 1. The van der Waals surface area contributed by atoms with Gasteiger partial charge in [-0.05, 0) is 12.1 Å². The molecule has 1 aliphatic rings. The highest BCUT2D eigenvalue weighted by molar-refractivity contribution is 7.91. The van der Waals surface area contributed by atoms with Gasteiger partial charge in [0.2, 0.25) is 0 Å². The Labute approximate surface area is 180 Å². The molecule has 1 fully saturated rings. The van der Waals surface area contributed by atoms with Crippen LogP contribution in [0.1, 0.15) is 5.69 Å². The van der Waals surface area contributed by atoms with Crippen LogP contribution in [0.3, 0.4) is 0 Å². The average molecular weight is 467 g/mol. The van der Waals surface area contributed by atoms with Crippen molar-refractivity contribution < 1.29 is 27.6 Å². The van der Waals surface area contributed by atoms with Gasteiger partial charge in [0.15, 0.2) is 10.8 Å². The molecule has 2 heterocycles. The minimum atomic E-state index is -4.26. The molecule has 1 aromatic heterocycles. The Morgan fingerprint density at radius 2 is 2.03 bits per heavy atom. The van der Waals surface area contributed by atoms with Crippen LogP contribution >= 0.6 is 11.3 Å². The van der Waals surface area contributed by atoms with Crippen LogP contribution in [-0.4, -0.2) is 61.6 Å². The van der Waals surface area contributed by atoms with Crippen molar-refractivity contribution in [3.63, 3.8) is 0 Å². The standard InChI is InChI=1S/C16H17N7O6S2/c1-29-20-12(11-8-30-15(17)19-11)13(24)18-10-7-23(14(10)25)16(26)22-31(27,28)21-9-5-3-2-4-6-9/h2-6,8,10,21H,7H2,1H3,(H2,17,19)(H,18,24)(H,22,26)/t10-/m0/s1. The molecule has 0 spiro atoms. The van der Waals surface area contributed by atoms with Gasteiger partial charge in [-0.15, -0.1) is 11.3 Å². The number of benzene rings is 1. The number of nitrogens with zero attached hydrogens (tertiary/aromatic N) is 3. The van der Waals surface area contributed by atoms with Gasteiger partial charge in [0, 0.05) is 5.38 Å². The number of nitrogen functional groups attached to an aromatic ring is 1. The Balaban J connectivity index is 1.57. The van der Waals surface area contributed by atoms with E-state index in [2.05, 4.69) is 25.0 Å². The number of β-lactam (4-membered cyclic amide) rings is 1. The number of nitrogens with two attached hydrogens (primary N) is 1. The highest BCUT2D eigenvalue weighted by Crippen LogP contribution is 2.15. The molecule has 1 atom stereocenters. The first-order chi connectivity index (χ1) is 14.7. The SMILES string of the molecule is CON=C(C(=O)N[C@H]1CN(C(=O)NS(=O)(=O)Nc2ccccc2)C1=O)c1csc(N)n1. The molecular weight excluding hydrogens is 450 g/mol. The predicted molar refractivity (Wildman–Crippen MR) is 111 cm³/mol. The first-order valence-corrected chi connectivity index (χ1v) is 10.9. The molecule has 164 valence electrons. The number of carbonyl (C=O) groups is 3. The van der Waals surface area contributed by atoms with Crippen LogP contribution in [0.25, 0.3) is 0 Å². The lowest BCUT2D eigenvalue weighted by Gasteiger charge is -2.36. The van der Waals surface area contributed by atoms with Gasteiger partial charge in [-0.3, -0.25) is 19.2 Å². The number of nitrogens with one attached hydrogen (secondary N) is 3. The second-order valence-corrected chi connectivity index (χ2v) is 8.35. The van der Waals surface area contributed by atoms with E-state index in [1.165, 1.54) is 24.6 Å². The van der Waals surface area contributed by atoms with E-state index in [9.17, 15) is 22.8 Å². The normalized spacial score (nSPS) is 16.3. The number of anilines is 2. The maximum Gasteiger partial charge on any atom is 0.339 e. The molecule has 13 nitrogen and oxygen atoms in total. The number of oxime groups is 1. The molecule has 1 aliphatic heterocycles. The van der Waals surface area contributed by atoms with Gasteiger partial charge in [0.1, 0.15) is 18.8 Å². The number of hydrogen-bond acceptors (Lipinski definition) is 10. The van der Waals surface area contributed by atoms with Crippen molar-refractivity contribution >= 4 is 55.9 Å². The van der Waals surface area contributed by atoms with E-state index in [1.54, 1.807) is 22.9 Å². The van der Waals surface area contributed by atoms with Crippen LogP contribution in [0.5, 0.6) is 0 Å². The molecule has 31 heavy (non-hydrogen) atoms. The summed E-state index contributed by atoms with van der Waals surface area (Å²) in [5.41, 5.74) is 5.72. The molecule has 0 unspecified atom stereocenters. The Kier molecular flexibility index (Phi) is 6.36. The van der Waals surface area contributed by atoms with Crippen molar-refractivity contribution in [1.29, 1.82) is 0 Å². The lowest BCUT2D eigenvalue weighted by atomic mass is 10.1. The molecule has 5 N–H and O–H groups in total. The molecule has 2 aromatic rings. The molecule has 0 saturated carbocycles. The average Bonchev–Trinajstić information content (AvgIpc) is 3.14. The maximum atomic E-state index is 12.4. The molecule has 0 bridgehead atoms. The number of thiazole rings is 1. The molecule has 0 aliphatic carbocycles. The summed E-state index contributed by atoms with van der Waals surface area (Å²) in [4.78, 5) is 46.0. The number of para-hydroxylation sites is 1. The summed E-state index contributed by atoms with van der Waals surface area (Å²) in [5.74, 6) is -1.57. The summed E-state index contributed by atoms with van der Waals surface area (Å²) in [5, 5.41) is 7.67. The predicted octanol–water partition coefficient (Wildman–Crippen LogP) is -0.531. The third-order valence-electron chi connectivity index (χ3n) is 3.89. The molecule has 4 amide bonds. The number of imide groups is 1. The number of hydrogen-bond donors (Lipinski definition) is 4. The van der Waals surface area contributed by atoms with Crippen LogP contribution in [0.2, 0.25) is 0 Å². The molecular formula is C16H17N7O6S2. The van der Waals surface area contributed by atoms with Crippen molar-refractivity contribution in [3.05, 3.63) is 41.4 Å². The lowest BCUT2D eigenvalue weighted by molar-refractivity contribution is -0.141. The summed E-state index contributed by atoms with van der Waals surface area (Å²) < 4.78 is 28.0. The zero-order valence-corrected chi connectivity index (χ0v) is 17.6. The fourth-order valence-electron chi connectivity index (χ4n) is 2.49. The molecule has 15 heteroatoms. The lowest BCUT2D eigenvalue weighted by Crippen LogP contribution is -2.68. The van der Waals surface area contributed by atoms with Gasteiger partial charge < -0.3 is 15.9 Å². The number of amides is 4. The fraction of sp³-hybridized carbons (Fsp3) is 0.188. The Morgan fingerprint density at radius 1 is 1.32 bits per heavy atom. The summed E-state index contributed by atoms with van der Waals surface area (Å²) in [6, 6.07) is 5.66. The van der Waals surface area contributed by atoms with E-state index in [1.807, 2.05) is 0 Å². The fourth-order valence-corrected chi connectivity index (χ4v) is 3.88. The number of carbonyl (C=O) groups excluding carboxylic acids is 3. The smallest absolute Gasteiger partial charge is 0.339 e. The van der Waals surface area contributed by atoms with Crippen LogP contribution in [-0.2, 0) is 24.6 Å². The highest BCUT2D eigenvalue weighted by atomic mass is 32.2. The van der Waals surface area contributed by atoms with Crippen LogP contribution in [0, 0.1) is 0 Å². The van der Waals surface area contributed by atoms with Crippen molar-refractivity contribution in [2.75, 3.05) is 24.1 Å². The van der Waals surface area contributed by atoms with E-state index >= 15 is 0 Å². The van der Waals surface area contributed by atoms with E-state index in [0.717, 1.165) is 11.3 Å². The van der Waals surface area contributed by atoms with Crippen molar-refractivity contribution in [1.82, 2.24) is 19.9 Å². The summed E-state index contributed by atoms with van der Waals surface area (Å²) in [6.45, 7) is -0.239. The molecule has 1 aromatic carbocycles. The van der Waals surface area contributed by atoms with Crippen molar-refractivity contribution in [2.24, 2.45) is 5.16 Å². The first-order valence-electron chi connectivity index (χ1n) is 8.54. The zero-order chi connectivity index (χ0) is 22.6. The summed E-state index contributed by atoms with van der Waals surface area (Å²) in [7, 11) is -3.03. The van der Waals surface area contributed by atoms with E-state index in [0.29, 0.717) is 4.90 Å². The van der Waals surface area contributed by atoms with Crippen LogP contribution in [0.4, 0.5) is 15.6 Å². The number of aromatic nitrogens is 1. The van der Waals surface area contributed by atoms with E-state index in [4.69, 9.17) is 5.73 Å². The second kappa shape index (κ2) is 8.97. The second-order valence-electron chi connectivity index (χ2n) is 6.05. The van der Waals surface area contributed by atoms with Gasteiger partial charge in [-0.2, -0.15) is 8.42 Å². The summed E-state index contributed by atoms with van der Waals surface area (Å²) in [6.07, 6.45) is 0. The van der Waals surface area contributed by atoms with E-state index in [-0.39, 0.29) is 28.8 Å². The molecule has 0 radical (unpaired) electrons. The van der Waals surface area contributed by atoms with Gasteiger partial charge in [-0.1, -0.05) is 23.4 Å². The summed E-state index contributed by atoms with van der Waals surface area (Å²) >= 11 is 1.08. The Morgan fingerprint density at radius 3 is 2.61 bits per heavy atom. The monoisotopic (exact) mass is 467 g/mol. The van der Waals surface area contributed by atoms with Crippen molar-refractivity contribution in [2.45, 2.75) is 6.04 Å². The van der Waals surface area contributed by atoms with Gasteiger partial charge >= 0.3 is 16.2 Å². The van der Waals surface area contributed by atoms with Gasteiger partial charge in [-0.25, -0.2) is 14.5 Å². The van der Waals surface area contributed by atoms with Gasteiger partial charge in [0.05, 0.1) is 12.2 Å². The number of rotatable bonds is 7. The Bertz CT molecular complexity index is 1130. The minimum Gasteiger partial charge on any atom is -0.398 e. The maximum absolute atomic E-state index is 12.4. The third-order valence-corrected chi connectivity index (χ3v) is 5.51. The largest absolute Gasteiger partial charge is 0.398 e. The quantitative estimate of drug-likeness (QED) is 0.238. The first kappa shape index (κ1) is 22.0. The zero-order valence-electron chi connectivity index (χ0n) is 15.9. The third kappa shape index (κ3) is 5.26. The van der Waals surface area contributed by atoms with Crippen LogP contribution < -0.4 is 20.5 Å². The van der Waals surface area contributed by atoms with E-state index < -0.39 is 34.1 Å².